The van der Waals surface area contributed by atoms with Crippen molar-refractivity contribution in [3.63, 3.8) is 0 Å². The predicted molar refractivity (Wildman–Crippen MR) is 125 cm³/mol. The number of anilines is 1. The minimum absolute atomic E-state index is 0.221. The van der Waals surface area contributed by atoms with Crippen molar-refractivity contribution in [2.24, 2.45) is 13.0 Å². The molecule has 3 aromatic rings. The molecule has 7 nitrogen and oxygen atoms in total. The smallest absolute Gasteiger partial charge is 0.251 e. The summed E-state index contributed by atoms with van der Waals surface area (Å²) >= 11 is 5.89. The van der Waals surface area contributed by atoms with Gasteiger partial charge in [-0.3, -0.25) is 9.59 Å². The number of benzene rings is 2. The van der Waals surface area contributed by atoms with Gasteiger partial charge in [-0.2, -0.15) is 0 Å². The number of hydrogen-bond acceptors (Lipinski definition) is 4. The lowest BCUT2D eigenvalue weighted by Crippen LogP contribution is -2.44. The summed E-state index contributed by atoms with van der Waals surface area (Å²) in [5, 5.41) is 6.25. The maximum Gasteiger partial charge on any atom is 0.251 e. The number of carbonyl (C=O) groups excluding carboxylic acids is 2. The quantitative estimate of drug-likeness (QED) is 0.500. The minimum atomic E-state index is -0.669. The van der Waals surface area contributed by atoms with Gasteiger partial charge in [0.05, 0.1) is 0 Å². The SMILES string of the molecule is CC(C)CC(NC(=O)c1ccc(Cl)cc1)C(=O)Nc1ccc(OCc2nccn2C)cc1. The van der Waals surface area contributed by atoms with Gasteiger partial charge in [0.1, 0.15) is 24.2 Å². The Hall–Kier alpha value is -3.32. The Kier molecular flexibility index (Phi) is 7.89. The molecule has 3 rings (SSSR count). The number of aromatic nitrogens is 2. The van der Waals surface area contributed by atoms with Crippen molar-refractivity contribution in [2.45, 2.75) is 32.9 Å². The third-order valence-electron chi connectivity index (χ3n) is 4.85. The van der Waals surface area contributed by atoms with E-state index in [-0.39, 0.29) is 17.7 Å². The molecule has 0 aliphatic rings. The third kappa shape index (κ3) is 6.59. The molecule has 2 aromatic carbocycles. The van der Waals surface area contributed by atoms with E-state index in [9.17, 15) is 9.59 Å². The molecule has 0 bridgehead atoms. The van der Waals surface area contributed by atoms with Gasteiger partial charge in [0, 0.05) is 35.7 Å². The number of aryl methyl sites for hydroxylation is 1. The number of carbonyl (C=O) groups is 2. The third-order valence-corrected chi connectivity index (χ3v) is 5.10. The van der Waals surface area contributed by atoms with Crippen molar-refractivity contribution in [3.8, 4) is 5.75 Å². The number of ether oxygens (including phenoxy) is 1. The summed E-state index contributed by atoms with van der Waals surface area (Å²) in [7, 11) is 1.91. The molecule has 168 valence electrons. The Balaban J connectivity index is 1.60. The molecule has 0 aliphatic heterocycles. The molecule has 0 spiro atoms. The van der Waals surface area contributed by atoms with Crippen molar-refractivity contribution in [1.29, 1.82) is 0 Å². The molecule has 2 N–H and O–H groups in total. The highest BCUT2D eigenvalue weighted by molar-refractivity contribution is 6.30. The van der Waals surface area contributed by atoms with Crippen LogP contribution in [0.1, 0.15) is 36.5 Å². The second kappa shape index (κ2) is 10.8. The number of imidazole rings is 1. The molecule has 1 atom stereocenters. The van der Waals surface area contributed by atoms with Gasteiger partial charge < -0.3 is 19.9 Å². The summed E-state index contributed by atoms with van der Waals surface area (Å²) in [6.45, 7) is 4.35. The monoisotopic (exact) mass is 454 g/mol. The maximum absolute atomic E-state index is 12.9. The molecule has 0 saturated carbocycles. The molecule has 8 heteroatoms. The summed E-state index contributed by atoms with van der Waals surface area (Å²) in [5.74, 6) is 1.11. The lowest BCUT2D eigenvalue weighted by molar-refractivity contribution is -0.118. The van der Waals surface area contributed by atoms with E-state index in [2.05, 4.69) is 15.6 Å². The van der Waals surface area contributed by atoms with Gasteiger partial charge in [0.15, 0.2) is 0 Å². The fraction of sp³-hybridized carbons (Fsp3) is 0.292. The van der Waals surface area contributed by atoms with Crippen LogP contribution in [0.2, 0.25) is 5.02 Å². The molecule has 0 radical (unpaired) electrons. The second-order valence-corrected chi connectivity index (χ2v) is 8.36. The Morgan fingerprint density at radius 3 is 2.38 bits per heavy atom. The van der Waals surface area contributed by atoms with Crippen LogP contribution in [0.5, 0.6) is 5.75 Å². The van der Waals surface area contributed by atoms with Crippen molar-refractivity contribution in [3.05, 3.63) is 77.3 Å². The minimum Gasteiger partial charge on any atom is -0.486 e. The first kappa shape index (κ1) is 23.3. The van der Waals surface area contributed by atoms with Gasteiger partial charge in [0.25, 0.3) is 5.91 Å². The van der Waals surface area contributed by atoms with E-state index >= 15 is 0 Å². The highest BCUT2D eigenvalue weighted by Gasteiger charge is 2.22. The zero-order chi connectivity index (χ0) is 23.1. The van der Waals surface area contributed by atoms with Crippen LogP contribution in [0.25, 0.3) is 0 Å². The van der Waals surface area contributed by atoms with Crippen molar-refractivity contribution in [1.82, 2.24) is 14.9 Å². The number of halogens is 1. The summed E-state index contributed by atoms with van der Waals surface area (Å²) in [6, 6.07) is 13.0. The van der Waals surface area contributed by atoms with Crippen molar-refractivity contribution >= 4 is 29.1 Å². The molecule has 1 heterocycles. The van der Waals surface area contributed by atoms with E-state index in [4.69, 9.17) is 16.3 Å². The van der Waals surface area contributed by atoms with Gasteiger partial charge >= 0.3 is 0 Å². The zero-order valence-corrected chi connectivity index (χ0v) is 19.1. The largest absolute Gasteiger partial charge is 0.486 e. The first-order chi connectivity index (χ1) is 15.3. The fourth-order valence-electron chi connectivity index (χ4n) is 3.09. The summed E-state index contributed by atoms with van der Waals surface area (Å²) in [6.07, 6.45) is 4.09. The molecular weight excluding hydrogens is 428 g/mol. The van der Waals surface area contributed by atoms with E-state index in [1.807, 2.05) is 31.7 Å². The van der Waals surface area contributed by atoms with Crippen LogP contribution in [-0.4, -0.2) is 27.4 Å². The topological polar surface area (TPSA) is 85.2 Å². The van der Waals surface area contributed by atoms with E-state index in [1.54, 1.807) is 54.7 Å². The van der Waals surface area contributed by atoms with Crippen LogP contribution in [0, 0.1) is 5.92 Å². The number of hydrogen-bond donors (Lipinski definition) is 2. The van der Waals surface area contributed by atoms with Crippen LogP contribution in [0.15, 0.2) is 60.9 Å². The zero-order valence-electron chi connectivity index (χ0n) is 18.3. The van der Waals surface area contributed by atoms with Gasteiger partial charge in [-0.25, -0.2) is 4.98 Å². The van der Waals surface area contributed by atoms with E-state index in [0.717, 1.165) is 5.82 Å². The Morgan fingerprint density at radius 2 is 1.78 bits per heavy atom. The second-order valence-electron chi connectivity index (χ2n) is 7.92. The van der Waals surface area contributed by atoms with Gasteiger partial charge in [-0.1, -0.05) is 25.4 Å². The number of rotatable bonds is 9. The summed E-state index contributed by atoms with van der Waals surface area (Å²) in [5.41, 5.74) is 1.07. The molecule has 0 fully saturated rings. The first-order valence-electron chi connectivity index (χ1n) is 10.4. The summed E-state index contributed by atoms with van der Waals surface area (Å²) < 4.78 is 7.63. The average molecular weight is 455 g/mol. The van der Waals surface area contributed by atoms with Crippen LogP contribution in [0.4, 0.5) is 5.69 Å². The lowest BCUT2D eigenvalue weighted by atomic mass is 10.0. The maximum atomic E-state index is 12.9. The number of amides is 2. The molecule has 0 saturated heterocycles. The van der Waals surface area contributed by atoms with E-state index in [0.29, 0.717) is 35.1 Å². The standard InChI is InChI=1S/C24H27ClN4O3/c1-16(2)14-21(28-23(30)17-4-6-18(25)7-5-17)24(31)27-19-8-10-20(11-9-19)32-15-22-26-12-13-29(22)3/h4-13,16,21H,14-15H2,1-3H3,(H,27,31)(H,28,30). The van der Waals surface area contributed by atoms with Crippen LogP contribution in [0.3, 0.4) is 0 Å². The lowest BCUT2D eigenvalue weighted by Gasteiger charge is -2.20. The molecule has 2 amide bonds. The van der Waals surface area contributed by atoms with E-state index < -0.39 is 6.04 Å². The number of nitrogens with one attached hydrogen (secondary N) is 2. The van der Waals surface area contributed by atoms with Crippen molar-refractivity contribution < 1.29 is 14.3 Å². The molecular formula is C24H27ClN4O3. The summed E-state index contributed by atoms with van der Waals surface area (Å²) in [4.78, 5) is 29.7. The first-order valence-corrected chi connectivity index (χ1v) is 10.8. The van der Waals surface area contributed by atoms with Gasteiger partial charge in [-0.05, 0) is 60.9 Å². The number of nitrogens with zero attached hydrogens (tertiary/aromatic N) is 2. The Labute approximate surface area is 192 Å². The molecule has 0 aliphatic carbocycles. The van der Waals surface area contributed by atoms with Crippen LogP contribution in [-0.2, 0) is 18.4 Å². The molecule has 1 unspecified atom stereocenters. The Bertz CT molecular complexity index is 1050. The van der Waals surface area contributed by atoms with Gasteiger partial charge in [0.2, 0.25) is 5.91 Å². The van der Waals surface area contributed by atoms with E-state index in [1.165, 1.54) is 0 Å². The molecule has 1 aromatic heterocycles. The average Bonchev–Trinajstić information content (AvgIpc) is 3.17. The molecule has 32 heavy (non-hydrogen) atoms. The van der Waals surface area contributed by atoms with Crippen molar-refractivity contribution in [2.75, 3.05) is 5.32 Å². The fourth-order valence-corrected chi connectivity index (χ4v) is 3.22. The predicted octanol–water partition coefficient (Wildman–Crippen LogP) is 4.44. The highest BCUT2D eigenvalue weighted by atomic mass is 35.5. The highest BCUT2D eigenvalue weighted by Crippen LogP contribution is 2.18. The Morgan fingerprint density at radius 1 is 1.09 bits per heavy atom. The van der Waals surface area contributed by atoms with Crippen LogP contribution < -0.4 is 15.4 Å². The normalized spacial score (nSPS) is 11.8. The van der Waals surface area contributed by atoms with Gasteiger partial charge in [-0.15, -0.1) is 0 Å². The van der Waals surface area contributed by atoms with Crippen LogP contribution >= 0.6 is 11.6 Å².